The number of hydrogen-bond donors (Lipinski definition) is 3. The van der Waals surface area contributed by atoms with Crippen LogP contribution in [0.2, 0.25) is 0 Å². The molecular formula is C31H26N4O3S. The van der Waals surface area contributed by atoms with Gasteiger partial charge in [-0.25, -0.2) is 0 Å². The molecule has 0 spiro atoms. The maximum atomic E-state index is 13.5. The molecule has 0 saturated heterocycles. The molecule has 0 unspecified atom stereocenters. The molecule has 0 radical (unpaired) electrons. The van der Waals surface area contributed by atoms with Crippen LogP contribution in [-0.4, -0.2) is 17.6 Å². The number of thioether (sulfide) groups is 1. The van der Waals surface area contributed by atoms with Gasteiger partial charge in [0.2, 0.25) is 5.91 Å². The number of carbonyl (C=O) groups excluding carboxylic acids is 2. The summed E-state index contributed by atoms with van der Waals surface area (Å²) in [6.45, 7) is 3.70. The van der Waals surface area contributed by atoms with Gasteiger partial charge in [0.25, 0.3) is 5.91 Å². The molecular weight excluding hydrogens is 508 g/mol. The van der Waals surface area contributed by atoms with E-state index in [4.69, 9.17) is 4.42 Å². The van der Waals surface area contributed by atoms with Gasteiger partial charge in [0.15, 0.2) is 0 Å². The van der Waals surface area contributed by atoms with Gasteiger partial charge in [-0.05, 0) is 60.5 Å². The number of furan rings is 1. The van der Waals surface area contributed by atoms with Crippen LogP contribution in [0.4, 0.5) is 11.4 Å². The molecule has 39 heavy (non-hydrogen) atoms. The van der Waals surface area contributed by atoms with Crippen LogP contribution in [0.15, 0.2) is 111 Å². The number of allylic oxidation sites excluding steroid dienone is 2. The Bertz CT molecular complexity index is 1660. The van der Waals surface area contributed by atoms with E-state index in [1.165, 1.54) is 18.0 Å². The van der Waals surface area contributed by atoms with Gasteiger partial charge in [-0.1, -0.05) is 60.3 Å². The molecule has 4 aromatic rings. The van der Waals surface area contributed by atoms with Crippen LogP contribution in [0.1, 0.15) is 24.2 Å². The molecule has 7 nitrogen and oxygen atoms in total. The Labute approximate surface area is 230 Å². The van der Waals surface area contributed by atoms with Crippen molar-refractivity contribution in [3.8, 4) is 6.07 Å². The molecule has 5 rings (SSSR count). The zero-order valence-electron chi connectivity index (χ0n) is 21.4. The Hall–Kier alpha value is -4.74. The molecule has 1 atom stereocenters. The number of nitrogens with zero attached hydrogens (tertiary/aromatic N) is 1. The number of amides is 2. The third-order valence-electron chi connectivity index (χ3n) is 6.49. The lowest BCUT2D eigenvalue weighted by molar-refractivity contribution is -0.114. The minimum absolute atomic E-state index is 0.0727. The topological polar surface area (TPSA) is 107 Å². The van der Waals surface area contributed by atoms with Crippen molar-refractivity contribution in [1.29, 1.82) is 5.26 Å². The van der Waals surface area contributed by atoms with Crippen molar-refractivity contribution >= 4 is 45.7 Å². The van der Waals surface area contributed by atoms with Crippen LogP contribution >= 0.6 is 11.8 Å². The van der Waals surface area contributed by atoms with Crippen LogP contribution in [-0.2, 0) is 9.59 Å². The number of carbonyl (C=O) groups is 2. The summed E-state index contributed by atoms with van der Waals surface area (Å²) in [7, 11) is 0. The molecule has 1 aromatic heterocycles. The van der Waals surface area contributed by atoms with Gasteiger partial charge in [-0.15, -0.1) is 0 Å². The van der Waals surface area contributed by atoms with Crippen molar-refractivity contribution in [2.24, 2.45) is 0 Å². The van der Waals surface area contributed by atoms with E-state index in [9.17, 15) is 14.9 Å². The van der Waals surface area contributed by atoms with Gasteiger partial charge in [0.05, 0.1) is 40.2 Å². The second kappa shape index (κ2) is 11.3. The lowest BCUT2D eigenvalue weighted by Crippen LogP contribution is -2.31. The number of anilines is 2. The fourth-order valence-corrected chi connectivity index (χ4v) is 5.46. The van der Waals surface area contributed by atoms with E-state index < -0.39 is 5.92 Å². The average molecular weight is 535 g/mol. The fourth-order valence-electron chi connectivity index (χ4n) is 4.57. The monoisotopic (exact) mass is 534 g/mol. The number of para-hydroxylation sites is 1. The normalized spacial score (nSPS) is 15.1. The number of nitrogens with one attached hydrogen (secondary N) is 3. The maximum absolute atomic E-state index is 13.5. The van der Waals surface area contributed by atoms with Crippen molar-refractivity contribution in [3.05, 3.63) is 118 Å². The second-order valence-corrected chi connectivity index (χ2v) is 10.1. The summed E-state index contributed by atoms with van der Waals surface area (Å²) in [5, 5.41) is 21.9. The SMILES string of the molecule is CC1=C(C(=O)Nc2ccccc2C)[C@H](c2ccco2)C(C#N)=C(SCC(=O)Nc2ccc3ccccc3c2)N1. The number of aryl methyl sites for hydroxylation is 1. The Morgan fingerprint density at radius 3 is 2.49 bits per heavy atom. The summed E-state index contributed by atoms with van der Waals surface area (Å²) >= 11 is 1.21. The standard InChI is InChI=1S/C31H26N4O3S/c1-19-8-3-6-11-25(19)35-30(37)28-20(2)33-31(24(17-32)29(28)26-12-7-15-38-26)39-18-27(36)34-23-14-13-21-9-4-5-10-22(21)16-23/h3-16,29,33H,18H2,1-2H3,(H,34,36)(H,35,37)/t29-/m0/s1. The summed E-state index contributed by atoms with van der Waals surface area (Å²) in [5.74, 6) is -0.714. The van der Waals surface area contributed by atoms with Crippen molar-refractivity contribution in [2.75, 3.05) is 16.4 Å². The third-order valence-corrected chi connectivity index (χ3v) is 7.51. The predicted octanol–water partition coefficient (Wildman–Crippen LogP) is 6.45. The molecule has 8 heteroatoms. The number of benzene rings is 3. The van der Waals surface area contributed by atoms with Crippen LogP contribution < -0.4 is 16.0 Å². The van der Waals surface area contributed by atoms with Crippen LogP contribution in [0.25, 0.3) is 10.8 Å². The molecule has 1 aliphatic rings. The van der Waals surface area contributed by atoms with E-state index in [0.29, 0.717) is 39.0 Å². The highest BCUT2D eigenvalue weighted by molar-refractivity contribution is 8.03. The number of rotatable bonds is 7. The van der Waals surface area contributed by atoms with Crippen LogP contribution in [0.5, 0.6) is 0 Å². The molecule has 2 amide bonds. The van der Waals surface area contributed by atoms with Gasteiger partial charge in [0.1, 0.15) is 5.76 Å². The molecule has 1 aliphatic heterocycles. The highest BCUT2D eigenvalue weighted by Crippen LogP contribution is 2.41. The minimum atomic E-state index is -0.721. The molecule has 194 valence electrons. The zero-order valence-corrected chi connectivity index (χ0v) is 22.3. The fraction of sp³-hybridized carbons (Fsp3) is 0.129. The lowest BCUT2D eigenvalue weighted by atomic mass is 9.85. The predicted molar refractivity (Wildman–Crippen MR) is 155 cm³/mol. The largest absolute Gasteiger partial charge is 0.468 e. The number of nitriles is 1. The van der Waals surface area contributed by atoms with E-state index in [2.05, 4.69) is 22.0 Å². The molecule has 0 bridgehead atoms. The Morgan fingerprint density at radius 1 is 0.974 bits per heavy atom. The van der Waals surface area contributed by atoms with E-state index in [1.54, 1.807) is 19.1 Å². The van der Waals surface area contributed by atoms with Crippen molar-refractivity contribution < 1.29 is 14.0 Å². The zero-order chi connectivity index (χ0) is 27.4. The van der Waals surface area contributed by atoms with Gasteiger partial charge in [-0.3, -0.25) is 9.59 Å². The van der Waals surface area contributed by atoms with Crippen molar-refractivity contribution in [3.63, 3.8) is 0 Å². The van der Waals surface area contributed by atoms with Crippen LogP contribution in [0.3, 0.4) is 0 Å². The third kappa shape index (κ3) is 5.59. The Kier molecular flexibility index (Phi) is 7.53. The first kappa shape index (κ1) is 25.9. The highest BCUT2D eigenvalue weighted by Gasteiger charge is 2.36. The first-order chi connectivity index (χ1) is 18.9. The molecule has 3 aromatic carbocycles. The Balaban J connectivity index is 1.37. The highest BCUT2D eigenvalue weighted by atomic mass is 32.2. The van der Waals surface area contributed by atoms with Gasteiger partial charge in [0, 0.05) is 17.1 Å². The van der Waals surface area contributed by atoms with Gasteiger partial charge >= 0.3 is 0 Å². The molecule has 2 heterocycles. The summed E-state index contributed by atoms with van der Waals surface area (Å²) < 4.78 is 5.68. The maximum Gasteiger partial charge on any atom is 0.254 e. The number of hydrogen-bond acceptors (Lipinski definition) is 6. The smallest absolute Gasteiger partial charge is 0.254 e. The summed E-state index contributed by atoms with van der Waals surface area (Å²) in [4.78, 5) is 26.3. The van der Waals surface area contributed by atoms with E-state index in [1.807, 2.05) is 73.7 Å². The van der Waals surface area contributed by atoms with Crippen molar-refractivity contribution in [2.45, 2.75) is 19.8 Å². The summed E-state index contributed by atoms with van der Waals surface area (Å²) in [6, 6.07) is 26.9. The molecule has 3 N–H and O–H groups in total. The average Bonchev–Trinajstić information content (AvgIpc) is 3.47. The van der Waals surface area contributed by atoms with E-state index in [0.717, 1.165) is 16.3 Å². The molecule has 0 aliphatic carbocycles. The number of fused-ring (bicyclic) bond motifs is 1. The second-order valence-electron chi connectivity index (χ2n) is 9.13. The minimum Gasteiger partial charge on any atom is -0.468 e. The van der Waals surface area contributed by atoms with E-state index in [-0.39, 0.29) is 17.6 Å². The first-order valence-corrected chi connectivity index (χ1v) is 13.4. The quantitative estimate of drug-likeness (QED) is 0.252. The lowest BCUT2D eigenvalue weighted by Gasteiger charge is -2.28. The Morgan fingerprint density at radius 2 is 1.74 bits per heavy atom. The van der Waals surface area contributed by atoms with Gasteiger partial charge in [-0.2, -0.15) is 5.26 Å². The summed E-state index contributed by atoms with van der Waals surface area (Å²) in [6.07, 6.45) is 1.52. The first-order valence-electron chi connectivity index (χ1n) is 12.4. The molecule has 0 saturated carbocycles. The summed E-state index contributed by atoms with van der Waals surface area (Å²) in [5.41, 5.74) is 3.59. The van der Waals surface area contributed by atoms with E-state index >= 15 is 0 Å². The van der Waals surface area contributed by atoms with Crippen molar-refractivity contribution in [1.82, 2.24) is 5.32 Å². The number of dihydropyridines is 1. The van der Waals surface area contributed by atoms with Crippen LogP contribution in [0, 0.1) is 18.3 Å². The van der Waals surface area contributed by atoms with Gasteiger partial charge < -0.3 is 20.4 Å². The molecule has 0 fully saturated rings.